The first-order chi connectivity index (χ1) is 8.48. The van der Waals surface area contributed by atoms with Gasteiger partial charge in [-0.3, -0.25) is 9.59 Å². The van der Waals surface area contributed by atoms with Crippen molar-refractivity contribution < 1.29 is 14.7 Å². The molecule has 0 aromatic rings. The van der Waals surface area contributed by atoms with Crippen molar-refractivity contribution in [1.82, 2.24) is 9.80 Å². The molecule has 2 fully saturated rings. The lowest BCUT2D eigenvalue weighted by molar-refractivity contribution is -0.137. The number of nitrogens with zero attached hydrogens (tertiary/aromatic N) is 2. The van der Waals surface area contributed by atoms with Gasteiger partial charge in [0.1, 0.15) is 0 Å². The average molecular weight is 272 g/mol. The highest BCUT2D eigenvalue weighted by Crippen LogP contribution is 2.21. The molecule has 2 rings (SSSR count). The summed E-state index contributed by atoms with van der Waals surface area (Å²) in [6.45, 7) is 4.15. The van der Waals surface area contributed by atoms with E-state index in [1.165, 1.54) is 11.8 Å². The molecule has 6 heteroatoms. The van der Waals surface area contributed by atoms with Crippen LogP contribution in [-0.4, -0.2) is 63.6 Å². The summed E-state index contributed by atoms with van der Waals surface area (Å²) in [4.78, 5) is 26.9. The molecule has 2 aliphatic heterocycles. The highest BCUT2D eigenvalue weighted by molar-refractivity contribution is 8.13. The van der Waals surface area contributed by atoms with E-state index in [0.29, 0.717) is 19.5 Å². The van der Waals surface area contributed by atoms with Crippen molar-refractivity contribution >= 4 is 22.9 Å². The van der Waals surface area contributed by atoms with Crippen LogP contribution in [0, 0.1) is 0 Å². The Kier molecular flexibility index (Phi) is 4.17. The number of thioether (sulfide) groups is 1. The molecule has 2 heterocycles. The Labute approximate surface area is 112 Å². The van der Waals surface area contributed by atoms with Crippen LogP contribution in [0.5, 0.6) is 0 Å². The predicted molar refractivity (Wildman–Crippen MR) is 70.5 cm³/mol. The van der Waals surface area contributed by atoms with E-state index >= 15 is 0 Å². The molecule has 0 aliphatic carbocycles. The molecule has 18 heavy (non-hydrogen) atoms. The Morgan fingerprint density at radius 1 is 1.50 bits per heavy atom. The van der Waals surface area contributed by atoms with Crippen LogP contribution in [0.3, 0.4) is 0 Å². The van der Waals surface area contributed by atoms with Gasteiger partial charge in [-0.15, -0.1) is 0 Å². The normalized spacial score (nSPS) is 28.9. The first kappa shape index (κ1) is 13.7. The molecule has 2 amide bonds. The fourth-order valence-corrected chi connectivity index (χ4v) is 3.30. The first-order valence-corrected chi connectivity index (χ1v) is 7.38. The first-order valence-electron chi connectivity index (χ1n) is 6.40. The molecule has 0 saturated carbocycles. The van der Waals surface area contributed by atoms with Crippen LogP contribution < -0.4 is 0 Å². The van der Waals surface area contributed by atoms with Crippen molar-refractivity contribution in [2.24, 2.45) is 0 Å². The molecule has 1 atom stereocenters. The van der Waals surface area contributed by atoms with Crippen LogP contribution in [0.15, 0.2) is 0 Å². The van der Waals surface area contributed by atoms with Gasteiger partial charge in [0.05, 0.1) is 5.60 Å². The number of hydrogen-bond acceptors (Lipinski definition) is 4. The number of rotatable bonds is 3. The zero-order chi connectivity index (χ0) is 13.2. The molecule has 102 valence electrons. The van der Waals surface area contributed by atoms with Crippen molar-refractivity contribution in [3.63, 3.8) is 0 Å². The smallest absolute Gasteiger partial charge is 0.281 e. The number of amides is 2. The lowest BCUT2D eigenvalue weighted by atomic mass is 9.95. The molecule has 1 N–H and O–H groups in total. The SMILES string of the molecule is CC1(O)CCCN(C(=O)CCN2CCSC2=O)C1. The van der Waals surface area contributed by atoms with Gasteiger partial charge in [-0.05, 0) is 19.8 Å². The fraction of sp³-hybridized carbons (Fsp3) is 0.833. The van der Waals surface area contributed by atoms with Gasteiger partial charge in [-0.25, -0.2) is 0 Å². The van der Waals surface area contributed by atoms with Gasteiger partial charge in [0, 0.05) is 38.4 Å². The third-order valence-corrected chi connectivity index (χ3v) is 4.36. The van der Waals surface area contributed by atoms with Crippen LogP contribution >= 0.6 is 11.8 Å². The Morgan fingerprint density at radius 2 is 2.28 bits per heavy atom. The van der Waals surface area contributed by atoms with E-state index in [1.54, 1.807) is 16.7 Å². The monoisotopic (exact) mass is 272 g/mol. The summed E-state index contributed by atoms with van der Waals surface area (Å²) in [6.07, 6.45) is 1.96. The average Bonchev–Trinajstić information content (AvgIpc) is 2.70. The number of carbonyl (C=O) groups excluding carboxylic acids is 2. The third kappa shape index (κ3) is 3.38. The van der Waals surface area contributed by atoms with Crippen molar-refractivity contribution in [1.29, 1.82) is 0 Å². The molecular weight excluding hydrogens is 252 g/mol. The van der Waals surface area contributed by atoms with E-state index in [2.05, 4.69) is 0 Å². The van der Waals surface area contributed by atoms with Gasteiger partial charge in [0.25, 0.3) is 5.24 Å². The van der Waals surface area contributed by atoms with Crippen molar-refractivity contribution in [3.05, 3.63) is 0 Å². The minimum atomic E-state index is -0.757. The maximum atomic E-state index is 12.0. The number of aliphatic hydroxyl groups is 1. The van der Waals surface area contributed by atoms with E-state index < -0.39 is 5.60 Å². The van der Waals surface area contributed by atoms with E-state index in [4.69, 9.17) is 0 Å². The zero-order valence-electron chi connectivity index (χ0n) is 10.7. The second-order valence-electron chi connectivity index (χ2n) is 5.27. The lowest BCUT2D eigenvalue weighted by Gasteiger charge is -2.37. The topological polar surface area (TPSA) is 60.9 Å². The highest BCUT2D eigenvalue weighted by atomic mass is 32.2. The van der Waals surface area contributed by atoms with Crippen LogP contribution in [-0.2, 0) is 4.79 Å². The lowest BCUT2D eigenvalue weighted by Crippen LogP contribution is -2.49. The number of piperidine rings is 1. The number of hydrogen-bond donors (Lipinski definition) is 1. The maximum Gasteiger partial charge on any atom is 0.281 e. The van der Waals surface area contributed by atoms with E-state index in [0.717, 1.165) is 31.7 Å². The molecule has 5 nitrogen and oxygen atoms in total. The third-order valence-electron chi connectivity index (χ3n) is 3.47. The quantitative estimate of drug-likeness (QED) is 0.830. The summed E-state index contributed by atoms with van der Waals surface area (Å²) < 4.78 is 0. The number of β-amino-alcohol motifs (C(OH)–C–C–N with tert-alkyl or cyclic N) is 1. The predicted octanol–water partition coefficient (Wildman–Crippen LogP) is 0.919. The van der Waals surface area contributed by atoms with E-state index in [9.17, 15) is 14.7 Å². The van der Waals surface area contributed by atoms with Crippen LogP contribution in [0.2, 0.25) is 0 Å². The molecule has 2 aliphatic rings. The maximum absolute atomic E-state index is 12.0. The van der Waals surface area contributed by atoms with Gasteiger partial charge in [-0.2, -0.15) is 0 Å². The minimum Gasteiger partial charge on any atom is -0.388 e. The Hall–Kier alpha value is -0.750. The van der Waals surface area contributed by atoms with Crippen molar-refractivity contribution in [3.8, 4) is 0 Å². The summed E-state index contributed by atoms with van der Waals surface area (Å²) in [5, 5.41) is 10.0. The Bertz CT molecular complexity index is 346. The second kappa shape index (κ2) is 5.48. The summed E-state index contributed by atoms with van der Waals surface area (Å²) >= 11 is 1.31. The molecule has 0 bridgehead atoms. The largest absolute Gasteiger partial charge is 0.388 e. The van der Waals surface area contributed by atoms with Gasteiger partial charge in [-0.1, -0.05) is 11.8 Å². The van der Waals surface area contributed by atoms with Crippen LogP contribution in [0.1, 0.15) is 26.2 Å². The zero-order valence-corrected chi connectivity index (χ0v) is 11.5. The van der Waals surface area contributed by atoms with E-state index in [1.807, 2.05) is 0 Å². The van der Waals surface area contributed by atoms with Gasteiger partial charge in [0.15, 0.2) is 0 Å². The molecule has 0 spiro atoms. The van der Waals surface area contributed by atoms with Gasteiger partial charge in [0.2, 0.25) is 5.91 Å². The Morgan fingerprint density at radius 3 is 2.89 bits per heavy atom. The standard InChI is InChI=1S/C12H20N2O3S/c1-12(17)4-2-5-14(9-12)10(15)3-6-13-7-8-18-11(13)16/h17H,2-9H2,1H3. The summed E-state index contributed by atoms with van der Waals surface area (Å²) in [5.41, 5.74) is -0.757. The molecule has 2 saturated heterocycles. The molecule has 0 aromatic heterocycles. The molecule has 1 unspecified atom stereocenters. The molecular formula is C12H20N2O3S. The van der Waals surface area contributed by atoms with Crippen LogP contribution in [0.25, 0.3) is 0 Å². The van der Waals surface area contributed by atoms with E-state index in [-0.39, 0.29) is 11.1 Å². The van der Waals surface area contributed by atoms with Gasteiger partial charge < -0.3 is 14.9 Å². The number of carbonyl (C=O) groups is 2. The second-order valence-corrected chi connectivity index (χ2v) is 6.31. The van der Waals surface area contributed by atoms with Crippen LogP contribution in [0.4, 0.5) is 4.79 Å². The van der Waals surface area contributed by atoms with Gasteiger partial charge >= 0.3 is 0 Å². The summed E-state index contributed by atoms with van der Waals surface area (Å²) in [7, 11) is 0. The Balaban J connectivity index is 1.79. The summed E-state index contributed by atoms with van der Waals surface area (Å²) in [5.74, 6) is 0.866. The highest BCUT2D eigenvalue weighted by Gasteiger charge is 2.31. The molecule has 0 aromatic carbocycles. The summed E-state index contributed by atoms with van der Waals surface area (Å²) in [6, 6.07) is 0. The fourth-order valence-electron chi connectivity index (χ4n) is 2.45. The molecule has 0 radical (unpaired) electrons. The minimum absolute atomic E-state index is 0.0414. The van der Waals surface area contributed by atoms with Crippen molar-refractivity contribution in [2.45, 2.75) is 31.8 Å². The van der Waals surface area contributed by atoms with Crippen molar-refractivity contribution in [2.75, 3.05) is 31.9 Å². The number of likely N-dealkylation sites (tertiary alicyclic amines) is 1.